The molecule has 0 bridgehead atoms. The van der Waals surface area contributed by atoms with Crippen LogP contribution < -0.4 is 0 Å². The molecular formula is C117H71N9OS4. The van der Waals surface area contributed by atoms with Crippen molar-refractivity contribution >= 4 is 214 Å². The van der Waals surface area contributed by atoms with Crippen LogP contribution in [0.25, 0.3) is 253 Å². The Balaban J connectivity index is 0.000000101. The van der Waals surface area contributed by atoms with Crippen LogP contribution in [0.3, 0.4) is 0 Å². The molecule has 0 spiro atoms. The number of hydrogen-bond acceptors (Lipinski definition) is 11. The highest BCUT2D eigenvalue weighted by molar-refractivity contribution is 7.27. The molecule has 0 amide bonds. The first-order chi connectivity index (χ1) is 64.7. The van der Waals surface area contributed by atoms with Crippen molar-refractivity contribution in [2.45, 2.75) is 19.3 Å². The smallest absolute Gasteiger partial charge is 0.236 e. The fourth-order valence-electron chi connectivity index (χ4n) is 20.5. The predicted octanol–water partition coefficient (Wildman–Crippen LogP) is 32.7. The number of furan rings is 1. The first kappa shape index (κ1) is 75.2. The number of para-hydroxylation sites is 4. The molecule has 0 unspecified atom stereocenters. The molecule has 29 rings (SSSR count). The molecule has 0 saturated carbocycles. The first-order valence-corrected chi connectivity index (χ1v) is 47.3. The molecule has 131 heavy (non-hydrogen) atoms. The van der Waals surface area contributed by atoms with Gasteiger partial charge < -0.3 is 13.6 Å². The monoisotopic (exact) mass is 1750 g/mol. The molecule has 1 aliphatic rings. The van der Waals surface area contributed by atoms with Gasteiger partial charge in [-0.25, -0.2) is 29.9 Å². The van der Waals surface area contributed by atoms with Gasteiger partial charge in [-0.2, -0.15) is 0 Å². The molecule has 0 N–H and O–H groups in total. The van der Waals surface area contributed by atoms with Gasteiger partial charge in [-0.3, -0.25) is 4.57 Å². The predicted molar refractivity (Wildman–Crippen MR) is 553 cm³/mol. The molecular weight excluding hydrogens is 1680 g/mol. The fraction of sp³-hybridized carbons (Fsp3) is 0.0256. The van der Waals surface area contributed by atoms with Crippen molar-refractivity contribution < 1.29 is 4.42 Å². The summed E-state index contributed by atoms with van der Waals surface area (Å²) in [5.74, 6) is 2.18. The maximum absolute atomic E-state index is 6.26. The Labute approximate surface area is 765 Å². The van der Waals surface area contributed by atoms with Gasteiger partial charge in [0.15, 0.2) is 11.6 Å². The number of nitrogens with zero attached hydrogens (tertiary/aromatic N) is 9. The molecule has 1 aliphatic carbocycles. The van der Waals surface area contributed by atoms with Crippen LogP contribution >= 0.6 is 45.3 Å². The van der Waals surface area contributed by atoms with E-state index in [2.05, 4.69) is 398 Å². The van der Waals surface area contributed by atoms with Crippen molar-refractivity contribution in [1.82, 2.24) is 43.6 Å². The summed E-state index contributed by atoms with van der Waals surface area (Å²) in [5.41, 5.74) is 24.5. The molecule has 614 valence electrons. The summed E-state index contributed by atoms with van der Waals surface area (Å²) in [6.45, 7) is 4.68. The summed E-state index contributed by atoms with van der Waals surface area (Å²) >= 11 is 7.06. The summed E-state index contributed by atoms with van der Waals surface area (Å²) in [7, 11) is 0. The first-order valence-electron chi connectivity index (χ1n) is 44.0. The second-order valence-electron chi connectivity index (χ2n) is 34.3. The summed E-state index contributed by atoms with van der Waals surface area (Å²) in [6.07, 6.45) is 0. The van der Waals surface area contributed by atoms with E-state index in [0.29, 0.717) is 5.95 Å². The average Bonchev–Trinajstić information content (AvgIpc) is 1.55. The van der Waals surface area contributed by atoms with E-state index in [1.54, 1.807) is 34.0 Å². The molecule has 0 saturated heterocycles. The van der Waals surface area contributed by atoms with E-state index in [0.717, 1.165) is 143 Å². The van der Waals surface area contributed by atoms with E-state index in [1.165, 1.54) is 116 Å². The third-order valence-electron chi connectivity index (χ3n) is 26.5. The van der Waals surface area contributed by atoms with Crippen LogP contribution in [0.5, 0.6) is 0 Å². The second kappa shape index (κ2) is 29.6. The van der Waals surface area contributed by atoms with Crippen LogP contribution in [0.15, 0.2) is 399 Å². The zero-order valence-electron chi connectivity index (χ0n) is 70.6. The second-order valence-corrected chi connectivity index (χ2v) is 38.4. The van der Waals surface area contributed by atoms with E-state index in [-0.39, 0.29) is 5.41 Å². The summed E-state index contributed by atoms with van der Waals surface area (Å²) in [5, 5.41) is 19.2. The number of benzene rings is 17. The topological polar surface area (TPSA) is 105 Å². The molecule has 17 aromatic carbocycles. The van der Waals surface area contributed by atoms with E-state index >= 15 is 0 Å². The van der Waals surface area contributed by atoms with E-state index < -0.39 is 0 Å². The SMILES string of the molecule is CC1(C)c2ccccc2-c2cc3c(cc21)c1ccccc1n3-c1nc(-c2ccccc2)c2c(n1)sc1ccccc12.c1ccc(-c2nc(-c3ccc(-n4c5ccccc5c5cc6oc7ccccc7c6cc54)cc3)nc3sc4ccccc4c23)cc1.c1ccc(-c2nc(-c3ccc(-n4c5ccccc5c5cc6sc7ccccc7c6cc54)cc3)nc3sc4ccccc4c23)cc1. The van der Waals surface area contributed by atoms with Crippen molar-refractivity contribution in [2.75, 3.05) is 0 Å². The van der Waals surface area contributed by atoms with Crippen LogP contribution in [0, 0.1) is 0 Å². The molecule has 0 fully saturated rings. The molecule has 28 aromatic rings. The van der Waals surface area contributed by atoms with Gasteiger partial charge in [-0.15, -0.1) is 45.3 Å². The van der Waals surface area contributed by atoms with Gasteiger partial charge in [0.2, 0.25) is 5.95 Å². The van der Waals surface area contributed by atoms with Crippen molar-refractivity contribution in [1.29, 1.82) is 0 Å². The summed E-state index contributed by atoms with van der Waals surface area (Å²) in [6, 6.07) is 140. The number of thiophene rings is 4. The van der Waals surface area contributed by atoms with Gasteiger partial charge in [-0.1, -0.05) is 275 Å². The maximum atomic E-state index is 6.26. The quantitative estimate of drug-likeness (QED) is 0.149. The third-order valence-corrected chi connectivity index (χ3v) is 30.9. The number of hydrogen-bond donors (Lipinski definition) is 0. The van der Waals surface area contributed by atoms with E-state index in [1.807, 2.05) is 35.6 Å². The molecule has 0 atom stereocenters. The zero-order chi connectivity index (χ0) is 86.3. The van der Waals surface area contributed by atoms with Crippen molar-refractivity contribution in [2.24, 2.45) is 0 Å². The van der Waals surface area contributed by atoms with E-state index in [4.69, 9.17) is 34.3 Å². The lowest BCUT2D eigenvalue weighted by Crippen LogP contribution is -2.14. The highest BCUT2D eigenvalue weighted by Gasteiger charge is 2.37. The Morgan fingerprint density at radius 3 is 1.14 bits per heavy atom. The number of aromatic nitrogens is 9. The van der Waals surface area contributed by atoms with Crippen molar-refractivity contribution in [3.63, 3.8) is 0 Å². The van der Waals surface area contributed by atoms with Crippen LogP contribution in [-0.2, 0) is 5.41 Å². The Kier molecular flexibility index (Phi) is 17.0. The minimum atomic E-state index is -0.0592. The summed E-state index contributed by atoms with van der Waals surface area (Å²) in [4.78, 5) is 34.3. The highest BCUT2D eigenvalue weighted by atomic mass is 32.1. The zero-order valence-corrected chi connectivity index (χ0v) is 73.9. The molecule has 11 heterocycles. The Morgan fingerprint density at radius 2 is 0.618 bits per heavy atom. The van der Waals surface area contributed by atoms with E-state index in [9.17, 15) is 0 Å². The number of rotatable bonds is 8. The molecule has 0 radical (unpaired) electrons. The van der Waals surface area contributed by atoms with Crippen LogP contribution in [0.1, 0.15) is 25.0 Å². The lowest BCUT2D eigenvalue weighted by molar-refractivity contribution is 0.661. The number of fused-ring (bicyclic) bond motifs is 27. The molecule has 14 heteroatoms. The Bertz CT molecular complexity index is 9210. The fourth-order valence-corrected chi connectivity index (χ4v) is 24.8. The Morgan fingerprint density at radius 1 is 0.229 bits per heavy atom. The van der Waals surface area contributed by atoms with Crippen molar-refractivity contribution in [3.05, 3.63) is 405 Å². The minimum Gasteiger partial charge on any atom is -0.456 e. The minimum absolute atomic E-state index is 0.0592. The van der Waals surface area contributed by atoms with Crippen molar-refractivity contribution in [3.8, 4) is 85.0 Å². The lowest BCUT2D eigenvalue weighted by Gasteiger charge is -2.21. The van der Waals surface area contributed by atoms with Gasteiger partial charge in [-0.05, 0) is 156 Å². The molecule has 0 aliphatic heterocycles. The van der Waals surface area contributed by atoms with Gasteiger partial charge in [0.25, 0.3) is 0 Å². The molecule has 11 aromatic heterocycles. The molecule has 10 nitrogen and oxygen atoms in total. The Hall–Kier alpha value is -15.9. The van der Waals surface area contributed by atoms with Crippen LogP contribution in [-0.4, -0.2) is 43.6 Å². The maximum Gasteiger partial charge on any atom is 0.236 e. The normalized spacial score (nSPS) is 12.6. The van der Waals surface area contributed by atoms with Gasteiger partial charge in [0.05, 0.1) is 50.2 Å². The van der Waals surface area contributed by atoms with Crippen LogP contribution in [0.4, 0.5) is 0 Å². The third kappa shape index (κ3) is 11.9. The van der Waals surface area contributed by atoms with Gasteiger partial charge >= 0.3 is 0 Å². The van der Waals surface area contributed by atoms with Crippen LogP contribution in [0.2, 0.25) is 0 Å². The average molecular weight is 1750 g/mol. The summed E-state index contributed by atoms with van der Waals surface area (Å²) < 4.78 is 19.6. The standard InChI is InChI=1S/C40H23N3OS.C40H23N3S2.C37H25N3S/c1-2-10-24(11-3-1)38-37-29-14-6-9-17-36(29)45-40(37)42-39(41-38)25-18-20-26(21-19-25)43-32-15-7-4-12-27(32)30-23-35-31(22-33(30)43)28-13-5-8-16-34(28)44-35;1-2-10-24(11-3-1)38-37-29-14-6-9-17-35(29)45-40(37)42-39(41-38)25-18-20-26(21-19-25)43-32-15-7-4-12-27(32)30-23-36-31(22-33(30)43)28-13-5-8-16-34(28)44-36;1-37(2)28-17-9-6-14-23(28)26-21-31-27(20-29(26)37)24-15-7-10-18-30(24)40(31)36-38-34(22-12-4-3-5-13-22)33-25-16-8-11-19-32(25)41-35(33)39-36/h2*1-23H;3-21H,1-2H3. The van der Waals surface area contributed by atoms with Gasteiger partial charge in [0.1, 0.15) is 25.7 Å². The largest absolute Gasteiger partial charge is 0.456 e. The highest BCUT2D eigenvalue weighted by Crippen LogP contribution is 2.53. The van der Waals surface area contributed by atoms with Gasteiger partial charge in [0, 0.05) is 154 Å². The lowest BCUT2D eigenvalue weighted by atomic mass is 9.82.